The first kappa shape index (κ1) is 25.3. The molecule has 4 rings (SSSR count). The molecule has 1 aromatic carbocycles. The van der Waals surface area contributed by atoms with Crippen molar-refractivity contribution < 1.29 is 14.3 Å². The van der Waals surface area contributed by atoms with Crippen LogP contribution in [0, 0.1) is 0 Å². The van der Waals surface area contributed by atoms with E-state index in [1.54, 1.807) is 42.0 Å². The van der Waals surface area contributed by atoms with E-state index >= 15 is 0 Å². The molecule has 3 heterocycles. The molecule has 1 amide bonds. The van der Waals surface area contributed by atoms with Crippen molar-refractivity contribution in [1.29, 1.82) is 0 Å². The highest BCUT2D eigenvalue weighted by Crippen LogP contribution is 2.34. The lowest BCUT2D eigenvalue weighted by molar-refractivity contribution is 0.0627. The Hall–Kier alpha value is -3.82. The van der Waals surface area contributed by atoms with Gasteiger partial charge in [0.05, 0.1) is 36.0 Å². The Bertz CT molecular complexity index is 1390. The van der Waals surface area contributed by atoms with Crippen LogP contribution in [0.25, 0.3) is 28.0 Å². The molecule has 3 aromatic heterocycles. The number of carbonyl (C=O) groups excluding carboxylic acids is 1. The number of rotatable bonds is 10. The van der Waals surface area contributed by atoms with Gasteiger partial charge < -0.3 is 14.4 Å². The minimum absolute atomic E-state index is 0.105. The van der Waals surface area contributed by atoms with E-state index in [0.717, 1.165) is 22.3 Å². The zero-order valence-corrected chi connectivity index (χ0v) is 21.0. The maximum atomic E-state index is 13.4. The van der Waals surface area contributed by atoms with E-state index in [9.17, 15) is 9.59 Å². The monoisotopic (exact) mass is 489 g/mol. The Morgan fingerprint density at radius 3 is 2.31 bits per heavy atom. The van der Waals surface area contributed by atoms with E-state index in [1.165, 1.54) is 10.7 Å². The van der Waals surface area contributed by atoms with Gasteiger partial charge in [-0.2, -0.15) is 10.2 Å². The SMILES string of the molecule is COCCN(CCOC)C(=O)c1ccn2nc(-c3ccccc3)c(-c3ccc(=O)n(C(C)C)n3)c2c1. The quantitative estimate of drug-likeness (QED) is 0.338. The Morgan fingerprint density at radius 2 is 1.67 bits per heavy atom. The number of ether oxygens (including phenoxy) is 2. The van der Waals surface area contributed by atoms with Gasteiger partial charge in [-0.3, -0.25) is 9.59 Å². The molecular weight excluding hydrogens is 458 g/mol. The van der Waals surface area contributed by atoms with Crippen LogP contribution in [0.3, 0.4) is 0 Å². The second-order valence-electron chi connectivity index (χ2n) is 8.71. The molecule has 9 nitrogen and oxygen atoms in total. The fraction of sp³-hybridized carbons (Fsp3) is 0.333. The van der Waals surface area contributed by atoms with Gasteiger partial charge in [-0.15, -0.1) is 0 Å². The number of amides is 1. The molecule has 0 radical (unpaired) electrons. The van der Waals surface area contributed by atoms with Crippen LogP contribution in [0.15, 0.2) is 65.6 Å². The van der Waals surface area contributed by atoms with Crippen molar-refractivity contribution in [2.45, 2.75) is 19.9 Å². The standard InChI is InChI=1S/C27H31N5O4/c1-19(2)32-24(33)11-10-22(28-32)25-23-18-21(27(34)30(14-16-35-3)15-17-36-4)12-13-31(23)29-26(25)20-8-6-5-7-9-20/h5-13,18-19H,14-17H2,1-4H3. The minimum atomic E-state index is -0.172. The van der Waals surface area contributed by atoms with Gasteiger partial charge in [0, 0.05) is 50.7 Å². The molecule has 0 saturated heterocycles. The van der Waals surface area contributed by atoms with Crippen LogP contribution in [0.2, 0.25) is 0 Å². The number of fused-ring (bicyclic) bond motifs is 1. The van der Waals surface area contributed by atoms with E-state index in [-0.39, 0.29) is 17.5 Å². The molecule has 0 spiro atoms. The Labute approximate surface area is 209 Å². The highest BCUT2D eigenvalue weighted by Gasteiger charge is 2.22. The van der Waals surface area contributed by atoms with Crippen molar-refractivity contribution in [3.8, 4) is 22.5 Å². The number of nitrogens with zero attached hydrogens (tertiary/aromatic N) is 5. The van der Waals surface area contributed by atoms with Gasteiger partial charge in [0.15, 0.2) is 0 Å². The molecule has 0 atom stereocenters. The topological polar surface area (TPSA) is 91.0 Å². The number of pyridine rings is 1. The fourth-order valence-corrected chi connectivity index (χ4v) is 4.06. The van der Waals surface area contributed by atoms with Crippen molar-refractivity contribution >= 4 is 11.4 Å². The number of methoxy groups -OCH3 is 2. The third-order valence-electron chi connectivity index (χ3n) is 5.92. The Kier molecular flexibility index (Phi) is 7.92. The lowest BCUT2D eigenvalue weighted by atomic mass is 10.0. The highest BCUT2D eigenvalue weighted by atomic mass is 16.5. The van der Waals surface area contributed by atoms with Gasteiger partial charge >= 0.3 is 0 Å². The lowest BCUT2D eigenvalue weighted by Gasteiger charge is -2.22. The van der Waals surface area contributed by atoms with Crippen molar-refractivity contribution in [2.75, 3.05) is 40.5 Å². The second-order valence-corrected chi connectivity index (χ2v) is 8.71. The van der Waals surface area contributed by atoms with Crippen molar-refractivity contribution in [3.63, 3.8) is 0 Å². The zero-order chi connectivity index (χ0) is 25.7. The van der Waals surface area contributed by atoms with Crippen LogP contribution >= 0.6 is 0 Å². The van der Waals surface area contributed by atoms with Crippen LogP contribution in [0.1, 0.15) is 30.2 Å². The molecule has 0 unspecified atom stereocenters. The summed E-state index contributed by atoms with van der Waals surface area (Å²) in [5.74, 6) is -0.125. The molecule has 0 bridgehead atoms. The fourth-order valence-electron chi connectivity index (χ4n) is 4.06. The van der Waals surface area contributed by atoms with Crippen LogP contribution < -0.4 is 5.56 Å². The van der Waals surface area contributed by atoms with E-state index in [2.05, 4.69) is 5.10 Å². The third-order valence-corrected chi connectivity index (χ3v) is 5.92. The maximum Gasteiger partial charge on any atom is 0.267 e. The van der Waals surface area contributed by atoms with E-state index in [1.807, 2.05) is 50.2 Å². The third kappa shape index (κ3) is 5.22. The molecule has 0 saturated carbocycles. The number of carbonyl (C=O) groups is 1. The predicted octanol–water partition coefficient (Wildman–Crippen LogP) is 3.54. The van der Waals surface area contributed by atoms with Gasteiger partial charge in [0.25, 0.3) is 11.5 Å². The van der Waals surface area contributed by atoms with Gasteiger partial charge in [0.1, 0.15) is 5.69 Å². The average molecular weight is 490 g/mol. The first-order valence-corrected chi connectivity index (χ1v) is 11.9. The Balaban J connectivity index is 1.89. The van der Waals surface area contributed by atoms with E-state index < -0.39 is 0 Å². The van der Waals surface area contributed by atoms with Gasteiger partial charge in [-0.1, -0.05) is 30.3 Å². The van der Waals surface area contributed by atoms with Crippen molar-refractivity contribution in [3.05, 3.63) is 76.7 Å². The zero-order valence-electron chi connectivity index (χ0n) is 21.0. The molecule has 0 aliphatic heterocycles. The average Bonchev–Trinajstić information content (AvgIpc) is 3.28. The van der Waals surface area contributed by atoms with Gasteiger partial charge in [0.2, 0.25) is 0 Å². The summed E-state index contributed by atoms with van der Waals surface area (Å²) in [6.07, 6.45) is 1.78. The summed E-state index contributed by atoms with van der Waals surface area (Å²) < 4.78 is 13.6. The summed E-state index contributed by atoms with van der Waals surface area (Å²) >= 11 is 0. The van der Waals surface area contributed by atoms with Crippen LogP contribution in [0.4, 0.5) is 0 Å². The molecule has 0 N–H and O–H groups in total. The Morgan fingerprint density at radius 1 is 0.972 bits per heavy atom. The minimum Gasteiger partial charge on any atom is -0.383 e. The molecule has 4 aromatic rings. The normalized spacial score (nSPS) is 11.4. The molecule has 0 aliphatic rings. The van der Waals surface area contributed by atoms with Gasteiger partial charge in [-0.25, -0.2) is 9.20 Å². The smallest absolute Gasteiger partial charge is 0.267 e. The number of aromatic nitrogens is 4. The molecule has 36 heavy (non-hydrogen) atoms. The van der Waals surface area contributed by atoms with Crippen LogP contribution in [-0.4, -0.2) is 70.7 Å². The lowest BCUT2D eigenvalue weighted by Crippen LogP contribution is -2.36. The van der Waals surface area contributed by atoms with E-state index in [0.29, 0.717) is 37.6 Å². The first-order chi connectivity index (χ1) is 17.4. The number of hydrogen-bond donors (Lipinski definition) is 0. The van der Waals surface area contributed by atoms with Crippen molar-refractivity contribution in [1.82, 2.24) is 24.3 Å². The van der Waals surface area contributed by atoms with E-state index in [4.69, 9.17) is 14.6 Å². The van der Waals surface area contributed by atoms with Gasteiger partial charge in [-0.05, 0) is 32.0 Å². The summed E-state index contributed by atoms with van der Waals surface area (Å²) in [7, 11) is 3.22. The van der Waals surface area contributed by atoms with Crippen molar-refractivity contribution in [2.24, 2.45) is 0 Å². The largest absolute Gasteiger partial charge is 0.383 e. The summed E-state index contributed by atoms with van der Waals surface area (Å²) in [5.41, 5.74) is 4.07. The first-order valence-electron chi connectivity index (χ1n) is 11.9. The summed E-state index contributed by atoms with van der Waals surface area (Å²) in [6, 6.07) is 16.5. The maximum absolute atomic E-state index is 13.4. The molecule has 0 aliphatic carbocycles. The highest BCUT2D eigenvalue weighted by molar-refractivity contribution is 5.98. The van der Waals surface area contributed by atoms with Crippen LogP contribution in [0.5, 0.6) is 0 Å². The summed E-state index contributed by atoms with van der Waals surface area (Å²) in [6.45, 7) is 5.58. The molecule has 0 fully saturated rings. The molecular formula is C27H31N5O4. The number of hydrogen-bond acceptors (Lipinski definition) is 6. The number of benzene rings is 1. The molecule has 9 heteroatoms. The summed E-state index contributed by atoms with van der Waals surface area (Å²) in [4.78, 5) is 27.6. The second kappa shape index (κ2) is 11.3. The summed E-state index contributed by atoms with van der Waals surface area (Å²) in [5, 5.41) is 9.49. The van der Waals surface area contributed by atoms with Crippen LogP contribution in [-0.2, 0) is 9.47 Å². The molecule has 188 valence electrons. The predicted molar refractivity (Wildman–Crippen MR) is 138 cm³/mol.